The first-order valence-corrected chi connectivity index (χ1v) is 24.4. The molecule has 68 heavy (non-hydrogen) atoms. The second-order valence-electron chi connectivity index (χ2n) is 17.8. The number of benzene rings is 7. The SMILES string of the molecule is C#C/C(=C\C=C/C)c1cccc(N(c2ccccc2)c2ccc3c(c2)-c2ccccc2C32/C(=C/C=C/Nc3cccc4c3Cc3ccccc3-4)C(=CC3=CC=CCC3)c3sc4ccccc4c32)c1. The summed E-state index contributed by atoms with van der Waals surface area (Å²) in [6, 6.07) is 60.0. The van der Waals surface area contributed by atoms with Crippen LogP contribution < -0.4 is 10.2 Å². The smallest absolute Gasteiger partial charge is 0.0740 e. The summed E-state index contributed by atoms with van der Waals surface area (Å²) in [6.07, 6.45) is 31.2. The molecule has 0 fully saturated rings. The van der Waals surface area contributed by atoms with E-state index in [-0.39, 0.29) is 0 Å². The summed E-state index contributed by atoms with van der Waals surface area (Å²) in [5.41, 5.74) is 21.4. The number of hydrogen-bond acceptors (Lipinski definition) is 3. The average molecular weight is 889 g/mol. The van der Waals surface area contributed by atoms with Crippen molar-refractivity contribution in [2.24, 2.45) is 0 Å². The third kappa shape index (κ3) is 6.71. The standard InChI is InChI=1S/C65H48N2S/c1-3-5-23-45(4-2)46-25-18-28-49(41-46)67(48-26-10-7-11-27-48)50-37-38-60-55(43-50)53-30-14-16-33-58(53)65(60)59(34-20-39-66-61-35-19-32-52-51-29-13-12-24-47(51)42-56(52)61)57(40-44-21-8-6-9-22-44)64-63(65)54-31-15-17-36-62(54)68-64/h2-3,5-8,10-21,23-41,43,66H,9,22,42H2,1H3/b5-3-,39-20+,45-23+,57-40?,59-34+. The van der Waals surface area contributed by atoms with E-state index < -0.39 is 5.41 Å². The molecule has 12 rings (SSSR count). The maximum atomic E-state index is 6.10. The minimum Gasteiger partial charge on any atom is -0.361 e. The maximum absolute atomic E-state index is 6.10. The van der Waals surface area contributed by atoms with Crippen LogP contribution in [0.25, 0.3) is 43.5 Å². The first kappa shape index (κ1) is 41.3. The number of nitrogens with zero attached hydrogens (tertiary/aromatic N) is 1. The van der Waals surface area contributed by atoms with E-state index in [2.05, 4.69) is 223 Å². The molecule has 0 aliphatic heterocycles. The highest BCUT2D eigenvalue weighted by atomic mass is 32.1. The molecule has 1 aromatic heterocycles. The van der Waals surface area contributed by atoms with E-state index in [1.54, 1.807) is 0 Å². The van der Waals surface area contributed by atoms with E-state index in [0.29, 0.717) is 0 Å². The molecule has 1 atom stereocenters. The van der Waals surface area contributed by atoms with Gasteiger partial charge < -0.3 is 10.2 Å². The number of para-hydroxylation sites is 1. The summed E-state index contributed by atoms with van der Waals surface area (Å²) >= 11 is 1.93. The molecule has 4 aliphatic carbocycles. The van der Waals surface area contributed by atoms with Gasteiger partial charge in [0.2, 0.25) is 0 Å². The Labute approximate surface area is 403 Å². The van der Waals surface area contributed by atoms with Gasteiger partial charge in [0.1, 0.15) is 0 Å². The van der Waals surface area contributed by atoms with Crippen molar-refractivity contribution >= 4 is 55.3 Å². The maximum Gasteiger partial charge on any atom is 0.0740 e. The van der Waals surface area contributed by atoms with Crippen molar-refractivity contribution < 1.29 is 0 Å². The number of allylic oxidation sites excluding steroid dienone is 13. The van der Waals surface area contributed by atoms with E-state index in [4.69, 9.17) is 6.42 Å². The molecular formula is C65H48N2S. The summed E-state index contributed by atoms with van der Waals surface area (Å²) < 4.78 is 1.31. The molecule has 1 heterocycles. The van der Waals surface area contributed by atoms with Crippen LogP contribution in [0.1, 0.15) is 58.0 Å². The molecule has 3 heteroatoms. The summed E-state index contributed by atoms with van der Waals surface area (Å²) in [5.74, 6) is 2.93. The first-order valence-electron chi connectivity index (χ1n) is 23.6. The fourth-order valence-electron chi connectivity index (χ4n) is 11.2. The lowest BCUT2D eigenvalue weighted by molar-refractivity contribution is 0.804. The highest BCUT2D eigenvalue weighted by molar-refractivity contribution is 7.20. The number of fused-ring (bicyclic) bond motifs is 12. The molecule has 0 bridgehead atoms. The molecule has 0 radical (unpaired) electrons. The second-order valence-corrected chi connectivity index (χ2v) is 18.9. The third-order valence-electron chi connectivity index (χ3n) is 14.1. The van der Waals surface area contributed by atoms with Crippen LogP contribution in [0.3, 0.4) is 0 Å². The molecule has 2 nitrogen and oxygen atoms in total. The number of hydrogen-bond donors (Lipinski definition) is 1. The van der Waals surface area contributed by atoms with Crippen LogP contribution in [0.4, 0.5) is 22.7 Å². The zero-order valence-corrected chi connectivity index (χ0v) is 38.7. The topological polar surface area (TPSA) is 15.3 Å². The Morgan fingerprint density at radius 3 is 2.35 bits per heavy atom. The van der Waals surface area contributed by atoms with Gasteiger partial charge in [0.15, 0.2) is 0 Å². The van der Waals surface area contributed by atoms with Crippen molar-refractivity contribution in [3.63, 3.8) is 0 Å². The van der Waals surface area contributed by atoms with Crippen molar-refractivity contribution in [1.82, 2.24) is 0 Å². The molecule has 1 N–H and O–H groups in total. The minimum absolute atomic E-state index is 0.576. The highest BCUT2D eigenvalue weighted by Crippen LogP contribution is 2.67. The largest absolute Gasteiger partial charge is 0.361 e. The summed E-state index contributed by atoms with van der Waals surface area (Å²) in [7, 11) is 0. The van der Waals surface area contributed by atoms with E-state index in [0.717, 1.165) is 53.1 Å². The normalized spacial score (nSPS) is 17.7. The van der Waals surface area contributed by atoms with Gasteiger partial charge in [0.05, 0.1) is 5.41 Å². The van der Waals surface area contributed by atoms with Crippen molar-refractivity contribution in [3.05, 3.63) is 274 Å². The van der Waals surface area contributed by atoms with Crippen molar-refractivity contribution in [2.45, 2.75) is 31.6 Å². The molecule has 1 unspecified atom stereocenters. The molecule has 0 amide bonds. The summed E-state index contributed by atoms with van der Waals surface area (Å²) in [6.45, 7) is 2.01. The van der Waals surface area contributed by atoms with Gasteiger partial charge in [-0.25, -0.2) is 0 Å². The summed E-state index contributed by atoms with van der Waals surface area (Å²) in [4.78, 5) is 3.71. The van der Waals surface area contributed by atoms with Crippen LogP contribution in [0.5, 0.6) is 0 Å². The number of thiophene rings is 1. The van der Waals surface area contributed by atoms with Crippen LogP contribution in [0, 0.1) is 12.3 Å². The lowest BCUT2D eigenvalue weighted by atomic mass is 9.69. The molecule has 0 saturated heterocycles. The van der Waals surface area contributed by atoms with Crippen LogP contribution in [0.2, 0.25) is 0 Å². The number of rotatable bonds is 9. The zero-order valence-electron chi connectivity index (χ0n) is 37.9. The van der Waals surface area contributed by atoms with Gasteiger partial charge in [-0.3, -0.25) is 0 Å². The van der Waals surface area contributed by atoms with Gasteiger partial charge in [0.25, 0.3) is 0 Å². The summed E-state index contributed by atoms with van der Waals surface area (Å²) in [5, 5.41) is 5.06. The van der Waals surface area contributed by atoms with Gasteiger partial charge in [-0.1, -0.05) is 158 Å². The first-order chi connectivity index (χ1) is 33.6. The quantitative estimate of drug-likeness (QED) is 0.115. The molecule has 324 valence electrons. The van der Waals surface area contributed by atoms with Crippen LogP contribution >= 0.6 is 11.3 Å². The second kappa shape index (κ2) is 17.2. The van der Waals surface area contributed by atoms with Crippen molar-refractivity contribution in [3.8, 4) is 34.6 Å². The fraction of sp³-hybridized carbons (Fsp3) is 0.0769. The fourth-order valence-corrected chi connectivity index (χ4v) is 12.4. The monoisotopic (exact) mass is 888 g/mol. The third-order valence-corrected chi connectivity index (χ3v) is 15.3. The Balaban J connectivity index is 1.06. The molecule has 0 saturated carbocycles. The number of anilines is 4. The van der Waals surface area contributed by atoms with Crippen molar-refractivity contribution in [1.29, 1.82) is 0 Å². The average Bonchev–Trinajstić information content (AvgIpc) is 4.12. The lowest BCUT2D eigenvalue weighted by Gasteiger charge is -2.32. The molecule has 8 aromatic rings. The predicted octanol–water partition coefficient (Wildman–Crippen LogP) is 17.1. The Hall–Kier alpha value is -8.16. The Bertz CT molecular complexity index is 3600. The van der Waals surface area contributed by atoms with E-state index in [1.807, 2.05) is 36.5 Å². The Morgan fingerprint density at radius 1 is 0.721 bits per heavy atom. The van der Waals surface area contributed by atoms with E-state index in [9.17, 15) is 0 Å². The molecular weight excluding hydrogens is 841 g/mol. The van der Waals surface area contributed by atoms with Gasteiger partial charge >= 0.3 is 0 Å². The van der Waals surface area contributed by atoms with Gasteiger partial charge in [-0.05, 0) is 164 Å². The van der Waals surface area contributed by atoms with Gasteiger partial charge in [0, 0.05) is 50.5 Å². The number of nitrogens with one attached hydrogen (secondary N) is 1. The Kier molecular flexibility index (Phi) is 10.5. The molecule has 7 aromatic carbocycles. The van der Waals surface area contributed by atoms with E-state index in [1.165, 1.54) is 81.8 Å². The van der Waals surface area contributed by atoms with E-state index >= 15 is 0 Å². The zero-order chi connectivity index (χ0) is 45.6. The van der Waals surface area contributed by atoms with Crippen LogP contribution in [0.15, 0.2) is 236 Å². The van der Waals surface area contributed by atoms with Gasteiger partial charge in [-0.15, -0.1) is 17.8 Å². The lowest BCUT2D eigenvalue weighted by Crippen LogP contribution is -2.26. The predicted molar refractivity (Wildman–Crippen MR) is 290 cm³/mol. The Morgan fingerprint density at radius 2 is 1.49 bits per heavy atom. The molecule has 4 aliphatic rings. The number of terminal acetylenes is 1. The highest BCUT2D eigenvalue weighted by Gasteiger charge is 2.55. The van der Waals surface area contributed by atoms with Crippen molar-refractivity contribution in [2.75, 3.05) is 10.2 Å². The van der Waals surface area contributed by atoms with Crippen LogP contribution in [-0.4, -0.2) is 0 Å². The van der Waals surface area contributed by atoms with Gasteiger partial charge in [-0.2, -0.15) is 0 Å². The van der Waals surface area contributed by atoms with Crippen LogP contribution in [-0.2, 0) is 11.8 Å². The minimum atomic E-state index is -0.576. The molecule has 1 spiro atoms.